The minimum Gasteiger partial charge on any atom is -0.488 e. The molecule has 0 atom stereocenters. The van der Waals surface area contributed by atoms with Crippen molar-refractivity contribution in [2.75, 3.05) is 0 Å². The van der Waals surface area contributed by atoms with Gasteiger partial charge in [-0.05, 0) is 43.5 Å². The fourth-order valence-electron chi connectivity index (χ4n) is 1.52. The molecule has 1 aliphatic rings. The molecule has 0 unspecified atom stereocenters. The van der Waals surface area contributed by atoms with Crippen LogP contribution in [-0.2, 0) is 11.3 Å². The lowest BCUT2D eigenvalue weighted by atomic mass is 10.2. The number of rotatable bonds is 3. The normalized spacial score (nSPS) is 14.9. The number of aryl methyl sites for hydroxylation is 1. The second-order valence-electron chi connectivity index (χ2n) is 3.64. The SMILES string of the molecule is Cc1cccnc1COC1=CCCC=C1. The number of hydrogen-bond acceptors (Lipinski definition) is 2. The van der Waals surface area contributed by atoms with Gasteiger partial charge in [0.15, 0.2) is 0 Å². The number of ether oxygens (including phenoxy) is 1. The zero-order valence-electron chi connectivity index (χ0n) is 8.94. The lowest BCUT2D eigenvalue weighted by Gasteiger charge is -2.10. The van der Waals surface area contributed by atoms with Gasteiger partial charge in [0, 0.05) is 6.20 Å². The van der Waals surface area contributed by atoms with Crippen molar-refractivity contribution >= 4 is 0 Å². The maximum atomic E-state index is 5.66. The van der Waals surface area contributed by atoms with Crippen LogP contribution in [0.1, 0.15) is 24.1 Å². The van der Waals surface area contributed by atoms with Gasteiger partial charge in [0.2, 0.25) is 0 Å². The van der Waals surface area contributed by atoms with Gasteiger partial charge in [-0.2, -0.15) is 0 Å². The summed E-state index contributed by atoms with van der Waals surface area (Å²) in [6.07, 6.45) is 10.3. The Bertz CT molecular complexity index is 393. The molecule has 0 aromatic carbocycles. The molecule has 2 rings (SSSR count). The van der Waals surface area contributed by atoms with Gasteiger partial charge in [-0.25, -0.2) is 0 Å². The lowest BCUT2D eigenvalue weighted by molar-refractivity contribution is 0.205. The smallest absolute Gasteiger partial charge is 0.130 e. The Balaban J connectivity index is 1.96. The molecular formula is C13H15NO. The molecule has 0 spiro atoms. The summed E-state index contributed by atoms with van der Waals surface area (Å²) in [4.78, 5) is 4.29. The molecule has 1 aromatic heterocycles. The van der Waals surface area contributed by atoms with Crippen LogP contribution in [0.5, 0.6) is 0 Å². The van der Waals surface area contributed by atoms with E-state index in [9.17, 15) is 0 Å². The highest BCUT2D eigenvalue weighted by Crippen LogP contribution is 2.13. The first-order valence-electron chi connectivity index (χ1n) is 5.26. The Morgan fingerprint density at radius 2 is 2.33 bits per heavy atom. The Morgan fingerprint density at radius 3 is 3.07 bits per heavy atom. The van der Waals surface area contributed by atoms with Crippen LogP contribution in [-0.4, -0.2) is 4.98 Å². The molecule has 1 aliphatic carbocycles. The van der Waals surface area contributed by atoms with Crippen molar-refractivity contribution in [1.82, 2.24) is 4.98 Å². The summed E-state index contributed by atoms with van der Waals surface area (Å²) in [6.45, 7) is 2.61. The van der Waals surface area contributed by atoms with Crippen molar-refractivity contribution in [2.45, 2.75) is 26.4 Å². The van der Waals surface area contributed by atoms with Crippen LogP contribution in [0.3, 0.4) is 0 Å². The third kappa shape index (κ3) is 2.69. The molecule has 0 saturated heterocycles. The standard InChI is InChI=1S/C13H15NO/c1-11-6-5-9-14-13(11)10-15-12-7-3-2-4-8-12/h3,5-9H,2,4,10H2,1H3. The van der Waals surface area contributed by atoms with Crippen molar-refractivity contribution in [1.29, 1.82) is 0 Å². The maximum Gasteiger partial charge on any atom is 0.130 e. The van der Waals surface area contributed by atoms with E-state index >= 15 is 0 Å². The number of nitrogens with zero attached hydrogens (tertiary/aromatic N) is 1. The van der Waals surface area contributed by atoms with Crippen molar-refractivity contribution in [3.8, 4) is 0 Å². The van der Waals surface area contributed by atoms with Crippen LogP contribution in [0, 0.1) is 6.92 Å². The Labute approximate surface area is 90.3 Å². The van der Waals surface area contributed by atoms with Gasteiger partial charge < -0.3 is 4.74 Å². The molecule has 0 aliphatic heterocycles. The summed E-state index contributed by atoms with van der Waals surface area (Å²) < 4.78 is 5.66. The van der Waals surface area contributed by atoms with Crippen LogP contribution in [0.2, 0.25) is 0 Å². The highest BCUT2D eigenvalue weighted by molar-refractivity contribution is 5.19. The van der Waals surface area contributed by atoms with Crippen LogP contribution in [0.15, 0.2) is 42.3 Å². The fourth-order valence-corrected chi connectivity index (χ4v) is 1.52. The Morgan fingerprint density at radius 1 is 1.40 bits per heavy atom. The van der Waals surface area contributed by atoms with E-state index in [1.54, 1.807) is 6.20 Å². The molecule has 2 heteroatoms. The fraction of sp³-hybridized carbons (Fsp3) is 0.308. The van der Waals surface area contributed by atoms with Crippen LogP contribution in [0.4, 0.5) is 0 Å². The number of hydrogen-bond donors (Lipinski definition) is 0. The van der Waals surface area contributed by atoms with Crippen molar-refractivity contribution in [2.24, 2.45) is 0 Å². The zero-order valence-corrected chi connectivity index (χ0v) is 8.94. The molecule has 0 bridgehead atoms. The molecule has 78 valence electrons. The lowest BCUT2D eigenvalue weighted by Crippen LogP contribution is -1.98. The highest BCUT2D eigenvalue weighted by atomic mass is 16.5. The average Bonchev–Trinajstić information content (AvgIpc) is 2.29. The van der Waals surface area contributed by atoms with Crippen molar-refractivity contribution in [3.63, 3.8) is 0 Å². The monoisotopic (exact) mass is 201 g/mol. The molecule has 0 saturated carbocycles. The van der Waals surface area contributed by atoms with Crippen LogP contribution in [0.25, 0.3) is 0 Å². The van der Waals surface area contributed by atoms with Gasteiger partial charge in [0.1, 0.15) is 12.4 Å². The van der Waals surface area contributed by atoms with E-state index in [0.717, 1.165) is 24.3 Å². The first-order valence-corrected chi connectivity index (χ1v) is 5.26. The molecule has 1 heterocycles. The van der Waals surface area contributed by atoms with Crippen LogP contribution < -0.4 is 0 Å². The number of pyridine rings is 1. The van der Waals surface area contributed by atoms with Crippen molar-refractivity contribution in [3.05, 3.63) is 53.6 Å². The van der Waals surface area contributed by atoms with Crippen LogP contribution >= 0.6 is 0 Å². The molecule has 0 radical (unpaired) electrons. The minimum atomic E-state index is 0.558. The number of aromatic nitrogens is 1. The molecule has 0 amide bonds. The summed E-state index contributed by atoms with van der Waals surface area (Å²) in [6, 6.07) is 4.00. The second kappa shape index (κ2) is 4.78. The zero-order chi connectivity index (χ0) is 10.5. The first-order chi connectivity index (χ1) is 7.36. The van der Waals surface area contributed by atoms with E-state index in [4.69, 9.17) is 4.74 Å². The Hall–Kier alpha value is -1.57. The maximum absolute atomic E-state index is 5.66. The van der Waals surface area contributed by atoms with E-state index in [2.05, 4.69) is 30.1 Å². The third-order valence-corrected chi connectivity index (χ3v) is 2.45. The molecular weight excluding hydrogens is 186 g/mol. The summed E-state index contributed by atoms with van der Waals surface area (Å²) in [5.41, 5.74) is 2.19. The van der Waals surface area contributed by atoms with E-state index in [1.807, 2.05) is 12.1 Å². The van der Waals surface area contributed by atoms with Gasteiger partial charge in [0.05, 0.1) is 5.69 Å². The van der Waals surface area contributed by atoms with Gasteiger partial charge in [-0.3, -0.25) is 4.98 Å². The van der Waals surface area contributed by atoms with E-state index in [0.29, 0.717) is 6.61 Å². The quantitative estimate of drug-likeness (QED) is 0.749. The summed E-state index contributed by atoms with van der Waals surface area (Å²) in [5, 5.41) is 0. The van der Waals surface area contributed by atoms with E-state index in [1.165, 1.54) is 5.56 Å². The minimum absolute atomic E-state index is 0.558. The molecule has 1 aromatic rings. The summed E-state index contributed by atoms with van der Waals surface area (Å²) in [7, 11) is 0. The van der Waals surface area contributed by atoms with Gasteiger partial charge >= 0.3 is 0 Å². The van der Waals surface area contributed by atoms with Gasteiger partial charge in [-0.15, -0.1) is 0 Å². The summed E-state index contributed by atoms with van der Waals surface area (Å²) >= 11 is 0. The van der Waals surface area contributed by atoms with Gasteiger partial charge in [0.25, 0.3) is 0 Å². The predicted octanol–water partition coefficient (Wildman–Crippen LogP) is 3.14. The van der Waals surface area contributed by atoms with E-state index < -0.39 is 0 Å². The average molecular weight is 201 g/mol. The van der Waals surface area contributed by atoms with E-state index in [-0.39, 0.29) is 0 Å². The van der Waals surface area contributed by atoms with Crippen molar-refractivity contribution < 1.29 is 4.74 Å². The summed E-state index contributed by atoms with van der Waals surface area (Å²) in [5.74, 6) is 0.964. The molecule has 0 N–H and O–H groups in total. The number of allylic oxidation sites excluding steroid dienone is 3. The Kier molecular flexibility index (Phi) is 3.18. The molecule has 15 heavy (non-hydrogen) atoms. The third-order valence-electron chi connectivity index (χ3n) is 2.45. The second-order valence-corrected chi connectivity index (χ2v) is 3.64. The topological polar surface area (TPSA) is 22.1 Å². The molecule has 0 fully saturated rings. The largest absolute Gasteiger partial charge is 0.488 e. The predicted molar refractivity (Wildman–Crippen MR) is 60.2 cm³/mol. The highest BCUT2D eigenvalue weighted by Gasteiger charge is 2.02. The van der Waals surface area contributed by atoms with Gasteiger partial charge in [-0.1, -0.05) is 12.1 Å². The first kappa shape index (κ1) is 9.97. The molecule has 2 nitrogen and oxygen atoms in total.